The SMILES string of the molecule is Cc1ccc(Sc2nccs2)c(C#N)c1. The van der Waals surface area contributed by atoms with Crippen LogP contribution in [-0.2, 0) is 0 Å². The van der Waals surface area contributed by atoms with E-state index in [2.05, 4.69) is 11.1 Å². The van der Waals surface area contributed by atoms with Gasteiger partial charge in [-0.25, -0.2) is 4.98 Å². The molecule has 0 unspecified atom stereocenters. The minimum absolute atomic E-state index is 0.718. The molecule has 74 valence electrons. The topological polar surface area (TPSA) is 36.7 Å². The minimum atomic E-state index is 0.718. The van der Waals surface area contributed by atoms with Gasteiger partial charge in [-0.1, -0.05) is 17.8 Å². The Morgan fingerprint density at radius 2 is 2.33 bits per heavy atom. The third-order valence-electron chi connectivity index (χ3n) is 1.86. The van der Waals surface area contributed by atoms with Crippen LogP contribution < -0.4 is 0 Å². The first-order valence-electron chi connectivity index (χ1n) is 4.37. The molecule has 0 fully saturated rings. The number of nitriles is 1. The lowest BCUT2D eigenvalue weighted by Gasteiger charge is -2.01. The monoisotopic (exact) mass is 232 g/mol. The summed E-state index contributed by atoms with van der Waals surface area (Å²) < 4.78 is 0.968. The summed E-state index contributed by atoms with van der Waals surface area (Å²) in [7, 11) is 0. The average Bonchev–Trinajstić information content (AvgIpc) is 2.73. The van der Waals surface area contributed by atoms with Crippen LogP contribution in [0.25, 0.3) is 0 Å². The molecule has 2 nitrogen and oxygen atoms in total. The fraction of sp³-hybridized carbons (Fsp3) is 0.0909. The number of aryl methyl sites for hydroxylation is 1. The van der Waals surface area contributed by atoms with E-state index in [1.54, 1.807) is 17.5 Å². The van der Waals surface area contributed by atoms with E-state index in [-0.39, 0.29) is 0 Å². The van der Waals surface area contributed by atoms with Crippen LogP contribution in [0.2, 0.25) is 0 Å². The van der Waals surface area contributed by atoms with Crippen molar-refractivity contribution >= 4 is 23.1 Å². The number of hydrogen-bond acceptors (Lipinski definition) is 4. The van der Waals surface area contributed by atoms with Crippen LogP contribution in [-0.4, -0.2) is 4.98 Å². The van der Waals surface area contributed by atoms with Gasteiger partial charge in [-0.05, 0) is 24.6 Å². The first kappa shape index (κ1) is 10.2. The Morgan fingerprint density at radius 1 is 1.47 bits per heavy atom. The van der Waals surface area contributed by atoms with Crippen LogP contribution in [0, 0.1) is 18.3 Å². The Balaban J connectivity index is 2.33. The van der Waals surface area contributed by atoms with Gasteiger partial charge in [0.25, 0.3) is 0 Å². The fourth-order valence-corrected chi connectivity index (χ4v) is 2.82. The summed E-state index contributed by atoms with van der Waals surface area (Å²) in [5.74, 6) is 0. The van der Waals surface area contributed by atoms with Crippen molar-refractivity contribution in [2.45, 2.75) is 16.2 Å². The number of thiazole rings is 1. The highest BCUT2D eigenvalue weighted by Crippen LogP contribution is 2.31. The summed E-state index contributed by atoms with van der Waals surface area (Å²) in [6.07, 6.45) is 1.77. The molecule has 1 heterocycles. The number of hydrogen-bond donors (Lipinski definition) is 0. The van der Waals surface area contributed by atoms with Crippen molar-refractivity contribution in [2.24, 2.45) is 0 Å². The quantitative estimate of drug-likeness (QED) is 0.795. The molecule has 1 aromatic carbocycles. The lowest BCUT2D eigenvalue weighted by molar-refractivity contribution is 1.24. The maximum absolute atomic E-state index is 8.99. The van der Waals surface area contributed by atoms with Gasteiger partial charge in [0.2, 0.25) is 0 Å². The lowest BCUT2D eigenvalue weighted by Crippen LogP contribution is -1.82. The van der Waals surface area contributed by atoms with Crippen molar-refractivity contribution < 1.29 is 0 Å². The van der Waals surface area contributed by atoms with Crippen LogP contribution in [0.15, 0.2) is 39.0 Å². The molecule has 0 aliphatic rings. The maximum Gasteiger partial charge on any atom is 0.154 e. The van der Waals surface area contributed by atoms with Crippen LogP contribution in [0.5, 0.6) is 0 Å². The Bertz CT molecular complexity index is 498. The molecule has 0 radical (unpaired) electrons. The molecule has 2 aromatic rings. The highest BCUT2D eigenvalue weighted by Gasteiger charge is 2.05. The number of aromatic nitrogens is 1. The van der Waals surface area contributed by atoms with E-state index in [4.69, 9.17) is 5.26 Å². The van der Waals surface area contributed by atoms with Crippen molar-refractivity contribution in [3.05, 3.63) is 40.9 Å². The van der Waals surface area contributed by atoms with Gasteiger partial charge in [0.1, 0.15) is 6.07 Å². The average molecular weight is 232 g/mol. The molecule has 0 saturated heterocycles. The van der Waals surface area contributed by atoms with E-state index < -0.39 is 0 Å². The predicted molar refractivity (Wildman–Crippen MR) is 62.1 cm³/mol. The zero-order chi connectivity index (χ0) is 10.7. The summed E-state index contributed by atoms with van der Waals surface area (Å²) >= 11 is 3.12. The largest absolute Gasteiger partial charge is 0.238 e. The first-order chi connectivity index (χ1) is 7.29. The van der Waals surface area contributed by atoms with Crippen LogP contribution in [0.4, 0.5) is 0 Å². The number of nitrogens with zero attached hydrogens (tertiary/aromatic N) is 2. The molecule has 15 heavy (non-hydrogen) atoms. The third kappa shape index (κ3) is 2.38. The zero-order valence-electron chi connectivity index (χ0n) is 8.10. The fourth-order valence-electron chi connectivity index (χ4n) is 1.18. The van der Waals surface area contributed by atoms with Crippen LogP contribution in [0.3, 0.4) is 0 Å². The number of rotatable bonds is 2. The van der Waals surface area contributed by atoms with Crippen molar-refractivity contribution in [1.82, 2.24) is 4.98 Å². The smallest absolute Gasteiger partial charge is 0.154 e. The second kappa shape index (κ2) is 4.47. The summed E-state index contributed by atoms with van der Waals surface area (Å²) in [6.45, 7) is 1.98. The second-order valence-corrected chi connectivity index (χ2v) is 5.20. The summed E-state index contributed by atoms with van der Waals surface area (Å²) in [5, 5.41) is 10.9. The van der Waals surface area contributed by atoms with Gasteiger partial charge in [0.05, 0.1) is 5.56 Å². The van der Waals surface area contributed by atoms with Crippen molar-refractivity contribution in [3.8, 4) is 6.07 Å². The van der Waals surface area contributed by atoms with Gasteiger partial charge in [-0.15, -0.1) is 11.3 Å². The first-order valence-corrected chi connectivity index (χ1v) is 6.07. The molecule has 0 saturated carbocycles. The standard InChI is InChI=1S/C11H8N2S2/c1-8-2-3-10(9(6-8)7-12)15-11-13-4-5-14-11/h2-6H,1H3. The molecule has 0 atom stereocenters. The highest BCUT2D eigenvalue weighted by molar-refractivity contribution is 8.01. The molecule has 0 spiro atoms. The predicted octanol–water partition coefficient (Wildman–Crippen LogP) is 3.47. The van der Waals surface area contributed by atoms with Crippen LogP contribution in [0.1, 0.15) is 11.1 Å². The molecule has 0 N–H and O–H groups in total. The van der Waals surface area contributed by atoms with Crippen molar-refractivity contribution in [3.63, 3.8) is 0 Å². The van der Waals surface area contributed by atoms with E-state index in [1.807, 2.05) is 30.5 Å². The summed E-state index contributed by atoms with van der Waals surface area (Å²) in [5.41, 5.74) is 1.82. The minimum Gasteiger partial charge on any atom is -0.238 e. The Labute approximate surface area is 96.6 Å². The van der Waals surface area contributed by atoms with E-state index in [0.717, 1.165) is 20.4 Å². The normalized spacial score (nSPS) is 9.87. The van der Waals surface area contributed by atoms with Gasteiger partial charge in [-0.3, -0.25) is 0 Å². The van der Waals surface area contributed by atoms with Gasteiger partial charge in [0.15, 0.2) is 4.34 Å². The molecule has 0 bridgehead atoms. The zero-order valence-corrected chi connectivity index (χ0v) is 9.73. The lowest BCUT2D eigenvalue weighted by atomic mass is 10.2. The molecular formula is C11H8N2S2. The number of benzene rings is 1. The van der Waals surface area contributed by atoms with E-state index >= 15 is 0 Å². The molecule has 4 heteroatoms. The molecule has 2 rings (SSSR count). The van der Waals surface area contributed by atoms with Crippen molar-refractivity contribution in [1.29, 1.82) is 5.26 Å². The Morgan fingerprint density at radius 3 is 3.00 bits per heavy atom. The van der Waals surface area contributed by atoms with Gasteiger partial charge in [0, 0.05) is 16.5 Å². The van der Waals surface area contributed by atoms with E-state index in [1.165, 1.54) is 11.8 Å². The second-order valence-electron chi connectivity index (χ2n) is 3.01. The Hall–Kier alpha value is -1.31. The van der Waals surface area contributed by atoms with E-state index in [0.29, 0.717) is 0 Å². The molecule has 1 aromatic heterocycles. The summed E-state index contributed by atoms with van der Waals surface area (Å²) in [4.78, 5) is 5.15. The third-order valence-corrected chi connectivity index (χ3v) is 3.82. The van der Waals surface area contributed by atoms with Gasteiger partial charge < -0.3 is 0 Å². The maximum atomic E-state index is 8.99. The molecule has 0 amide bonds. The van der Waals surface area contributed by atoms with Gasteiger partial charge in [-0.2, -0.15) is 5.26 Å². The molecule has 0 aliphatic heterocycles. The van der Waals surface area contributed by atoms with E-state index in [9.17, 15) is 0 Å². The molecule has 0 aliphatic carbocycles. The van der Waals surface area contributed by atoms with Gasteiger partial charge >= 0.3 is 0 Å². The van der Waals surface area contributed by atoms with Crippen molar-refractivity contribution in [2.75, 3.05) is 0 Å². The summed E-state index contributed by atoms with van der Waals surface area (Å²) in [6, 6.07) is 8.09. The van der Waals surface area contributed by atoms with Crippen LogP contribution >= 0.6 is 23.1 Å². The molecular weight excluding hydrogens is 224 g/mol. The highest BCUT2D eigenvalue weighted by atomic mass is 32.2. The Kier molecular flexibility index (Phi) is 3.05.